The zero-order valence-electron chi connectivity index (χ0n) is 11.5. The van der Waals surface area contributed by atoms with Crippen molar-refractivity contribution < 1.29 is 10.2 Å². The number of hydrogen-bond donors (Lipinski definition) is 3. The van der Waals surface area contributed by atoms with E-state index in [1.165, 1.54) is 18.9 Å². The molecule has 0 bridgehead atoms. The molecule has 1 aliphatic rings. The van der Waals surface area contributed by atoms with Crippen molar-refractivity contribution in [2.24, 2.45) is 11.7 Å². The number of hydrogen-bond acceptors (Lipinski definition) is 4. The van der Waals surface area contributed by atoms with Gasteiger partial charge in [-0.3, -0.25) is 4.90 Å². The van der Waals surface area contributed by atoms with Crippen molar-refractivity contribution in [3.63, 3.8) is 0 Å². The van der Waals surface area contributed by atoms with E-state index in [0.717, 1.165) is 37.5 Å². The molecule has 1 heterocycles. The van der Waals surface area contributed by atoms with E-state index in [0.29, 0.717) is 0 Å². The molecule has 2 rings (SSSR count). The quantitative estimate of drug-likeness (QED) is 0.780. The van der Waals surface area contributed by atoms with E-state index >= 15 is 0 Å². The van der Waals surface area contributed by atoms with Crippen LogP contribution in [0.5, 0.6) is 11.5 Å². The lowest BCUT2D eigenvalue weighted by atomic mass is 9.92. The van der Waals surface area contributed by atoms with Crippen molar-refractivity contribution in [1.29, 1.82) is 0 Å². The van der Waals surface area contributed by atoms with Crippen LogP contribution in [-0.4, -0.2) is 34.7 Å². The maximum Gasteiger partial charge on any atom is 0.119 e. The van der Waals surface area contributed by atoms with Crippen LogP contribution in [0.2, 0.25) is 0 Å². The first kappa shape index (κ1) is 14.2. The molecule has 0 saturated carbocycles. The molecular formula is C15H24N2O2. The SMILES string of the molecule is CC(c1cc(O)cc(O)c1)N1CCC(CCN)CC1. The fourth-order valence-electron chi connectivity index (χ4n) is 2.93. The second kappa shape index (κ2) is 6.26. The predicted octanol–water partition coefficient (Wildman–Crippen LogP) is 2.22. The molecule has 4 heteroatoms. The third kappa shape index (κ3) is 3.61. The Kier molecular flexibility index (Phi) is 4.66. The highest BCUT2D eigenvalue weighted by Gasteiger charge is 2.23. The van der Waals surface area contributed by atoms with Crippen molar-refractivity contribution in [2.45, 2.75) is 32.2 Å². The van der Waals surface area contributed by atoms with Gasteiger partial charge in [0.25, 0.3) is 0 Å². The van der Waals surface area contributed by atoms with E-state index in [1.54, 1.807) is 12.1 Å². The molecule has 19 heavy (non-hydrogen) atoms. The number of phenols is 2. The summed E-state index contributed by atoms with van der Waals surface area (Å²) in [5.41, 5.74) is 6.58. The van der Waals surface area contributed by atoms with Gasteiger partial charge < -0.3 is 15.9 Å². The number of nitrogens with zero attached hydrogens (tertiary/aromatic N) is 1. The number of phenolic OH excluding ortho intramolecular Hbond substituents is 2. The van der Waals surface area contributed by atoms with Crippen LogP contribution < -0.4 is 5.73 Å². The highest BCUT2D eigenvalue weighted by molar-refractivity contribution is 5.38. The van der Waals surface area contributed by atoms with Gasteiger partial charge in [0.1, 0.15) is 11.5 Å². The third-order valence-corrected chi connectivity index (χ3v) is 4.18. The van der Waals surface area contributed by atoms with Crippen LogP contribution in [0.15, 0.2) is 18.2 Å². The summed E-state index contributed by atoms with van der Waals surface area (Å²) in [5, 5.41) is 19.1. The number of likely N-dealkylation sites (tertiary alicyclic amines) is 1. The second-order valence-corrected chi connectivity index (χ2v) is 5.52. The van der Waals surface area contributed by atoms with Gasteiger partial charge in [-0.05, 0) is 69.4 Å². The van der Waals surface area contributed by atoms with Gasteiger partial charge in [-0.2, -0.15) is 0 Å². The Morgan fingerprint density at radius 2 is 1.79 bits per heavy atom. The predicted molar refractivity (Wildman–Crippen MR) is 76.2 cm³/mol. The van der Waals surface area contributed by atoms with Crippen LogP contribution in [0.1, 0.15) is 37.8 Å². The molecule has 1 aromatic rings. The average Bonchev–Trinajstić information content (AvgIpc) is 2.38. The summed E-state index contributed by atoms with van der Waals surface area (Å²) in [6.45, 7) is 5.02. The van der Waals surface area contributed by atoms with Crippen molar-refractivity contribution >= 4 is 0 Å². The van der Waals surface area contributed by atoms with Gasteiger partial charge in [0, 0.05) is 12.1 Å². The minimum atomic E-state index is 0.125. The molecule has 4 nitrogen and oxygen atoms in total. The molecule has 0 radical (unpaired) electrons. The Morgan fingerprint density at radius 1 is 1.21 bits per heavy atom. The van der Waals surface area contributed by atoms with Crippen molar-refractivity contribution in [1.82, 2.24) is 4.90 Å². The molecule has 4 N–H and O–H groups in total. The first-order valence-corrected chi connectivity index (χ1v) is 7.07. The van der Waals surface area contributed by atoms with Gasteiger partial charge in [-0.15, -0.1) is 0 Å². The van der Waals surface area contributed by atoms with Gasteiger partial charge in [0.2, 0.25) is 0 Å². The van der Waals surface area contributed by atoms with Gasteiger partial charge in [0.15, 0.2) is 0 Å². The number of benzene rings is 1. The molecule has 1 aliphatic heterocycles. The Morgan fingerprint density at radius 3 is 2.32 bits per heavy atom. The molecule has 0 amide bonds. The van der Waals surface area contributed by atoms with Crippen LogP contribution in [-0.2, 0) is 0 Å². The monoisotopic (exact) mass is 264 g/mol. The first-order valence-electron chi connectivity index (χ1n) is 7.07. The fraction of sp³-hybridized carbons (Fsp3) is 0.600. The Bertz CT molecular complexity index is 394. The fourth-order valence-corrected chi connectivity index (χ4v) is 2.93. The van der Waals surface area contributed by atoms with Gasteiger partial charge in [0.05, 0.1) is 0 Å². The molecule has 1 unspecified atom stereocenters. The summed E-state index contributed by atoms with van der Waals surface area (Å²) in [4.78, 5) is 2.40. The lowest BCUT2D eigenvalue weighted by molar-refractivity contribution is 0.138. The summed E-state index contributed by atoms with van der Waals surface area (Å²) in [7, 11) is 0. The largest absolute Gasteiger partial charge is 0.508 e. The Hall–Kier alpha value is -1.26. The van der Waals surface area contributed by atoms with Crippen molar-refractivity contribution in [3.05, 3.63) is 23.8 Å². The standard InChI is InChI=1S/C15H24N2O2/c1-11(13-8-14(18)10-15(19)9-13)17-6-3-12(2-5-16)4-7-17/h8-12,18-19H,2-7,16H2,1H3. The van der Waals surface area contributed by atoms with E-state index in [9.17, 15) is 10.2 Å². The molecule has 0 aromatic heterocycles. The summed E-state index contributed by atoms with van der Waals surface area (Å²) in [6, 6.07) is 5.05. The summed E-state index contributed by atoms with van der Waals surface area (Å²) in [5.74, 6) is 1.01. The van der Waals surface area contributed by atoms with Crippen LogP contribution in [0.25, 0.3) is 0 Å². The molecule has 106 valence electrons. The highest BCUT2D eigenvalue weighted by Crippen LogP contribution is 2.31. The second-order valence-electron chi connectivity index (χ2n) is 5.52. The van der Waals surface area contributed by atoms with E-state index in [-0.39, 0.29) is 17.5 Å². The van der Waals surface area contributed by atoms with Crippen LogP contribution in [0, 0.1) is 5.92 Å². The molecular weight excluding hydrogens is 240 g/mol. The minimum absolute atomic E-state index is 0.125. The Labute approximate surface area is 114 Å². The maximum atomic E-state index is 9.56. The minimum Gasteiger partial charge on any atom is -0.508 e. The summed E-state index contributed by atoms with van der Waals surface area (Å²) in [6.07, 6.45) is 3.49. The molecule has 0 spiro atoms. The molecule has 0 aliphatic carbocycles. The zero-order chi connectivity index (χ0) is 13.8. The number of aromatic hydroxyl groups is 2. The van der Waals surface area contributed by atoms with Crippen molar-refractivity contribution in [3.8, 4) is 11.5 Å². The smallest absolute Gasteiger partial charge is 0.119 e. The van der Waals surface area contributed by atoms with Crippen molar-refractivity contribution in [2.75, 3.05) is 19.6 Å². The van der Waals surface area contributed by atoms with Gasteiger partial charge in [-0.1, -0.05) is 0 Å². The average molecular weight is 264 g/mol. The van der Waals surface area contributed by atoms with Gasteiger partial charge >= 0.3 is 0 Å². The number of piperidine rings is 1. The molecule has 1 atom stereocenters. The summed E-state index contributed by atoms with van der Waals surface area (Å²) < 4.78 is 0. The number of nitrogens with two attached hydrogens (primary N) is 1. The lowest BCUT2D eigenvalue weighted by Crippen LogP contribution is -2.36. The summed E-state index contributed by atoms with van der Waals surface area (Å²) >= 11 is 0. The maximum absolute atomic E-state index is 9.56. The van der Waals surface area contributed by atoms with E-state index in [2.05, 4.69) is 11.8 Å². The van der Waals surface area contributed by atoms with E-state index in [4.69, 9.17) is 5.73 Å². The molecule has 1 fully saturated rings. The van der Waals surface area contributed by atoms with Crippen LogP contribution >= 0.6 is 0 Å². The molecule has 1 saturated heterocycles. The van der Waals surface area contributed by atoms with Gasteiger partial charge in [-0.25, -0.2) is 0 Å². The van der Waals surface area contributed by atoms with Crippen LogP contribution in [0.4, 0.5) is 0 Å². The topological polar surface area (TPSA) is 69.7 Å². The molecule has 1 aromatic carbocycles. The lowest BCUT2D eigenvalue weighted by Gasteiger charge is -2.36. The van der Waals surface area contributed by atoms with Crippen LogP contribution in [0.3, 0.4) is 0 Å². The first-order chi connectivity index (χ1) is 9.10. The third-order valence-electron chi connectivity index (χ3n) is 4.18. The normalized spacial score (nSPS) is 19.5. The zero-order valence-corrected chi connectivity index (χ0v) is 11.5. The number of rotatable bonds is 4. The Balaban J connectivity index is 1.98. The van der Waals surface area contributed by atoms with E-state index < -0.39 is 0 Å². The highest BCUT2D eigenvalue weighted by atomic mass is 16.3. The van der Waals surface area contributed by atoms with E-state index in [1.807, 2.05) is 0 Å².